The molecule has 2 atom stereocenters. The van der Waals surface area contributed by atoms with E-state index in [2.05, 4.69) is 35.8 Å². The van der Waals surface area contributed by atoms with Gasteiger partial charge in [0.1, 0.15) is 25.9 Å². The van der Waals surface area contributed by atoms with Crippen LogP contribution < -0.4 is 4.89 Å². The number of quaternary nitrogens is 1. The van der Waals surface area contributed by atoms with Crippen LogP contribution >= 0.6 is 7.82 Å². The Hall–Kier alpha value is -1.02. The topological polar surface area (TPSA) is 105 Å². The van der Waals surface area contributed by atoms with Crippen LogP contribution in [0.5, 0.6) is 0 Å². The molecule has 206 valence electrons. The first-order chi connectivity index (χ1) is 16.6. The van der Waals surface area contributed by atoms with Gasteiger partial charge in [-0.05, 0) is 38.5 Å². The number of esters is 1. The Morgan fingerprint density at radius 2 is 1.51 bits per heavy atom. The molecule has 1 N–H and O–H groups in total. The molecule has 0 aromatic carbocycles. The van der Waals surface area contributed by atoms with E-state index in [9.17, 15) is 19.4 Å². The van der Waals surface area contributed by atoms with Crippen molar-refractivity contribution in [2.45, 2.75) is 90.1 Å². The van der Waals surface area contributed by atoms with E-state index in [-0.39, 0.29) is 19.6 Å². The smallest absolute Gasteiger partial charge is 0.305 e. The Kier molecular flexibility index (Phi) is 20.5. The average Bonchev–Trinajstić information content (AvgIpc) is 2.78. The Morgan fingerprint density at radius 1 is 0.914 bits per heavy atom. The summed E-state index contributed by atoms with van der Waals surface area (Å²) in [5.74, 6) is -0.403. The lowest BCUT2D eigenvalue weighted by Crippen LogP contribution is -2.37. The fourth-order valence-corrected chi connectivity index (χ4v) is 3.77. The van der Waals surface area contributed by atoms with Crippen LogP contribution in [0.2, 0.25) is 0 Å². The molecule has 0 heterocycles. The van der Waals surface area contributed by atoms with Crippen molar-refractivity contribution in [3.63, 3.8) is 0 Å². The highest BCUT2D eigenvalue weighted by Gasteiger charge is 2.16. The first-order valence-corrected chi connectivity index (χ1v) is 14.6. The minimum Gasteiger partial charge on any atom is -0.756 e. The van der Waals surface area contributed by atoms with E-state index in [0.29, 0.717) is 11.0 Å². The summed E-state index contributed by atoms with van der Waals surface area (Å²) in [6.07, 6.45) is 20.2. The summed E-state index contributed by atoms with van der Waals surface area (Å²) in [5.41, 5.74) is 0. The summed E-state index contributed by atoms with van der Waals surface area (Å²) in [4.78, 5) is 23.5. The largest absolute Gasteiger partial charge is 0.756 e. The lowest BCUT2D eigenvalue weighted by molar-refractivity contribution is -0.870. The zero-order valence-corrected chi connectivity index (χ0v) is 23.4. The van der Waals surface area contributed by atoms with Gasteiger partial charge in [0.25, 0.3) is 7.82 Å². The second-order valence-electron chi connectivity index (χ2n) is 9.91. The third-order valence-corrected chi connectivity index (χ3v) is 6.17. The van der Waals surface area contributed by atoms with Gasteiger partial charge in [-0.15, -0.1) is 0 Å². The summed E-state index contributed by atoms with van der Waals surface area (Å²) in [5, 5.41) is 9.79. The number of aliphatic hydroxyl groups is 1. The molecule has 0 saturated carbocycles. The maximum atomic E-state index is 11.8. The van der Waals surface area contributed by atoms with E-state index in [1.807, 2.05) is 21.1 Å². The fourth-order valence-electron chi connectivity index (χ4n) is 3.03. The van der Waals surface area contributed by atoms with Gasteiger partial charge in [0, 0.05) is 6.42 Å². The molecule has 0 fully saturated rings. The Balaban J connectivity index is 3.64. The van der Waals surface area contributed by atoms with Gasteiger partial charge in [-0.25, -0.2) is 0 Å². The van der Waals surface area contributed by atoms with Crippen molar-refractivity contribution in [3.05, 3.63) is 24.3 Å². The molecular weight excluding hydrogens is 469 g/mol. The molecule has 0 radical (unpaired) electrons. The lowest BCUT2D eigenvalue weighted by atomic mass is 10.1. The van der Waals surface area contributed by atoms with E-state index < -0.39 is 26.5 Å². The second kappa shape index (κ2) is 21.1. The second-order valence-corrected chi connectivity index (χ2v) is 11.3. The minimum atomic E-state index is -4.49. The molecule has 0 aromatic heterocycles. The van der Waals surface area contributed by atoms with Crippen LogP contribution in [0.25, 0.3) is 0 Å². The number of hydrogen-bond acceptors (Lipinski definition) is 7. The van der Waals surface area contributed by atoms with Crippen molar-refractivity contribution < 1.29 is 37.6 Å². The molecule has 0 rings (SSSR count). The highest BCUT2D eigenvalue weighted by molar-refractivity contribution is 7.45. The van der Waals surface area contributed by atoms with E-state index >= 15 is 0 Å². The summed E-state index contributed by atoms with van der Waals surface area (Å²) >= 11 is 0. The number of phosphoric acid groups is 1. The first kappa shape index (κ1) is 34.0. The van der Waals surface area contributed by atoms with Gasteiger partial charge < -0.3 is 28.3 Å². The number of hydrogen-bond donors (Lipinski definition) is 1. The van der Waals surface area contributed by atoms with Gasteiger partial charge in [-0.1, -0.05) is 63.3 Å². The maximum absolute atomic E-state index is 11.8. The van der Waals surface area contributed by atoms with Crippen molar-refractivity contribution in [1.82, 2.24) is 0 Å². The van der Waals surface area contributed by atoms with Crippen molar-refractivity contribution in [1.29, 1.82) is 0 Å². The molecule has 2 unspecified atom stereocenters. The molecule has 9 heteroatoms. The molecule has 0 spiro atoms. The Labute approximate surface area is 213 Å². The molecular formula is C26H50NO7P. The first-order valence-electron chi connectivity index (χ1n) is 13.1. The SMILES string of the molecule is CCCCC/C=C/C/C=C/CCCCCCCC(=O)OCC(O)COP(=O)([O-])OCC[N+](C)(C)C. The van der Waals surface area contributed by atoms with Crippen molar-refractivity contribution >= 4 is 13.8 Å². The number of carbonyl (C=O) groups excluding carboxylic acids is 1. The number of rotatable bonds is 23. The minimum absolute atomic E-state index is 0.0110. The van der Waals surface area contributed by atoms with E-state index in [4.69, 9.17) is 9.26 Å². The van der Waals surface area contributed by atoms with Crippen molar-refractivity contribution in [3.8, 4) is 0 Å². The zero-order valence-electron chi connectivity index (χ0n) is 22.5. The normalized spacial score (nSPS) is 15.0. The van der Waals surface area contributed by atoms with E-state index in [1.54, 1.807) is 0 Å². The fraction of sp³-hybridized carbons (Fsp3) is 0.808. The molecule has 0 aromatic rings. The predicted octanol–water partition coefficient (Wildman–Crippen LogP) is 4.91. The number of likely N-dealkylation sites (N-methyl/N-ethyl adjacent to an activating group) is 1. The van der Waals surface area contributed by atoms with Crippen LogP contribution in [-0.2, 0) is 23.1 Å². The molecule has 0 bridgehead atoms. The number of ether oxygens (including phenoxy) is 1. The number of unbranched alkanes of at least 4 members (excludes halogenated alkanes) is 8. The van der Waals surface area contributed by atoms with Gasteiger partial charge in [0.2, 0.25) is 0 Å². The highest BCUT2D eigenvalue weighted by Crippen LogP contribution is 2.38. The van der Waals surface area contributed by atoms with E-state index in [0.717, 1.165) is 44.9 Å². The third-order valence-electron chi connectivity index (χ3n) is 5.20. The highest BCUT2D eigenvalue weighted by atomic mass is 31.2. The number of aliphatic hydroxyl groups excluding tert-OH is 1. The Bertz CT molecular complexity index is 632. The molecule has 0 aliphatic heterocycles. The number of nitrogens with zero attached hydrogens (tertiary/aromatic N) is 1. The zero-order chi connectivity index (χ0) is 26.4. The maximum Gasteiger partial charge on any atom is 0.305 e. The van der Waals surface area contributed by atoms with Crippen molar-refractivity contribution in [2.24, 2.45) is 0 Å². The standard InChI is InChI=1S/C26H50NO7P/c1-5-6-7-8-9-10-11-12-13-14-15-16-17-18-19-20-26(29)32-23-25(28)24-34-35(30,31)33-22-21-27(2,3)4/h9-10,12-13,25,28H,5-8,11,14-24H2,1-4H3/b10-9+,13-12+. The van der Waals surface area contributed by atoms with Crippen LogP contribution in [0.3, 0.4) is 0 Å². The van der Waals surface area contributed by atoms with Crippen molar-refractivity contribution in [2.75, 3.05) is 47.5 Å². The molecule has 0 aliphatic carbocycles. The van der Waals surface area contributed by atoms with Crippen LogP contribution in [0.15, 0.2) is 24.3 Å². The molecule has 0 amide bonds. The van der Waals surface area contributed by atoms with Crippen LogP contribution in [-0.4, -0.2) is 69.2 Å². The number of allylic oxidation sites excluding steroid dienone is 4. The number of phosphoric ester groups is 1. The molecule has 8 nitrogen and oxygen atoms in total. The van der Waals surface area contributed by atoms with Crippen LogP contribution in [0, 0.1) is 0 Å². The van der Waals surface area contributed by atoms with Gasteiger partial charge >= 0.3 is 5.97 Å². The predicted molar refractivity (Wildman–Crippen MR) is 139 cm³/mol. The lowest BCUT2D eigenvalue weighted by Gasteiger charge is -2.27. The summed E-state index contributed by atoms with van der Waals surface area (Å²) in [7, 11) is 1.24. The summed E-state index contributed by atoms with van der Waals surface area (Å²) in [6.45, 7) is 1.88. The molecule has 0 saturated heterocycles. The van der Waals surface area contributed by atoms with E-state index in [1.165, 1.54) is 25.7 Å². The Morgan fingerprint density at radius 3 is 2.14 bits per heavy atom. The van der Waals surface area contributed by atoms with Gasteiger partial charge in [-0.2, -0.15) is 0 Å². The van der Waals surface area contributed by atoms with Gasteiger partial charge in [0.15, 0.2) is 0 Å². The van der Waals surface area contributed by atoms with Gasteiger partial charge in [0.05, 0.1) is 27.7 Å². The van der Waals surface area contributed by atoms with Gasteiger partial charge in [-0.3, -0.25) is 9.36 Å². The number of carbonyl (C=O) groups is 1. The summed E-state index contributed by atoms with van der Waals surface area (Å²) in [6, 6.07) is 0. The molecule has 35 heavy (non-hydrogen) atoms. The quantitative estimate of drug-likeness (QED) is 0.0672. The van der Waals surface area contributed by atoms with Crippen LogP contribution in [0.4, 0.5) is 0 Å². The van der Waals surface area contributed by atoms with Crippen LogP contribution in [0.1, 0.15) is 84.0 Å². The third kappa shape index (κ3) is 25.9. The average molecular weight is 520 g/mol. The monoisotopic (exact) mass is 519 g/mol. The molecule has 0 aliphatic rings. The summed E-state index contributed by atoms with van der Waals surface area (Å²) < 4.78 is 26.6.